The topological polar surface area (TPSA) is 35.2 Å². The third kappa shape index (κ3) is 2.87. The van der Waals surface area contributed by atoms with Gasteiger partial charge in [0, 0.05) is 11.3 Å². The van der Waals surface area contributed by atoms with E-state index in [9.17, 15) is 4.39 Å². The lowest BCUT2D eigenvalue weighted by Crippen LogP contribution is -2.02. The Morgan fingerprint density at radius 1 is 1.05 bits per heavy atom. The van der Waals surface area contributed by atoms with Crippen LogP contribution in [0.1, 0.15) is 22.3 Å². The summed E-state index contributed by atoms with van der Waals surface area (Å²) in [7, 11) is 0. The number of anilines is 1. The molecule has 2 rings (SSSR count). The predicted molar refractivity (Wildman–Crippen MR) is 75.8 cm³/mol. The number of hydrogen-bond acceptors (Lipinski definition) is 2. The lowest BCUT2D eigenvalue weighted by Gasteiger charge is -2.14. The van der Waals surface area contributed by atoms with Crippen molar-refractivity contribution in [3.05, 3.63) is 58.4 Å². The molecular formula is C16H18FNO. The highest BCUT2D eigenvalue weighted by atomic mass is 19.1. The number of halogens is 1. The Kier molecular flexibility index (Phi) is 3.74. The molecule has 0 fully saturated rings. The highest BCUT2D eigenvalue weighted by Crippen LogP contribution is 2.28. The molecule has 0 aliphatic rings. The maximum atomic E-state index is 13.0. The molecule has 0 heterocycles. The molecule has 0 aliphatic carbocycles. The number of ether oxygens (including phenoxy) is 1. The van der Waals surface area contributed by atoms with E-state index in [1.807, 2.05) is 32.9 Å². The Bertz CT molecular complexity index is 608. The van der Waals surface area contributed by atoms with Crippen molar-refractivity contribution in [3.63, 3.8) is 0 Å². The van der Waals surface area contributed by atoms with Gasteiger partial charge in [0.1, 0.15) is 18.2 Å². The molecule has 0 radical (unpaired) electrons. The Morgan fingerprint density at radius 2 is 1.79 bits per heavy atom. The number of aryl methyl sites for hydroxylation is 2. The van der Waals surface area contributed by atoms with Gasteiger partial charge in [-0.2, -0.15) is 0 Å². The molecule has 0 aliphatic heterocycles. The molecule has 2 nitrogen and oxygen atoms in total. The molecular weight excluding hydrogens is 241 g/mol. The van der Waals surface area contributed by atoms with Gasteiger partial charge in [0.05, 0.1) is 0 Å². The van der Waals surface area contributed by atoms with E-state index >= 15 is 0 Å². The van der Waals surface area contributed by atoms with E-state index in [2.05, 4.69) is 0 Å². The summed E-state index contributed by atoms with van der Waals surface area (Å²) in [6.45, 7) is 6.21. The number of benzene rings is 2. The monoisotopic (exact) mass is 259 g/mol. The van der Waals surface area contributed by atoms with E-state index in [1.54, 1.807) is 6.07 Å². The summed E-state index contributed by atoms with van der Waals surface area (Å²) in [6.07, 6.45) is 0. The third-order valence-electron chi connectivity index (χ3n) is 3.32. The van der Waals surface area contributed by atoms with Crippen LogP contribution in [0.15, 0.2) is 30.3 Å². The zero-order chi connectivity index (χ0) is 14.0. The number of nitrogens with two attached hydrogens (primary N) is 1. The van der Waals surface area contributed by atoms with Gasteiger partial charge in [-0.05, 0) is 55.7 Å². The Morgan fingerprint density at radius 3 is 2.47 bits per heavy atom. The van der Waals surface area contributed by atoms with Gasteiger partial charge in [-0.1, -0.05) is 12.1 Å². The summed E-state index contributed by atoms with van der Waals surface area (Å²) in [5.74, 6) is 0.585. The van der Waals surface area contributed by atoms with Crippen molar-refractivity contribution in [2.24, 2.45) is 0 Å². The second-order valence-corrected chi connectivity index (χ2v) is 4.79. The smallest absolute Gasteiger partial charge is 0.127 e. The third-order valence-corrected chi connectivity index (χ3v) is 3.32. The summed E-state index contributed by atoms with van der Waals surface area (Å²) >= 11 is 0. The van der Waals surface area contributed by atoms with Crippen molar-refractivity contribution in [2.75, 3.05) is 5.73 Å². The van der Waals surface area contributed by atoms with E-state index in [1.165, 1.54) is 12.1 Å². The van der Waals surface area contributed by atoms with Crippen LogP contribution in [0.2, 0.25) is 0 Å². The lowest BCUT2D eigenvalue weighted by molar-refractivity contribution is 0.301. The maximum Gasteiger partial charge on any atom is 0.127 e. The zero-order valence-electron chi connectivity index (χ0n) is 11.5. The highest BCUT2D eigenvalue weighted by Gasteiger charge is 2.08. The van der Waals surface area contributed by atoms with Gasteiger partial charge < -0.3 is 10.5 Å². The van der Waals surface area contributed by atoms with E-state index < -0.39 is 0 Å². The van der Waals surface area contributed by atoms with Gasteiger partial charge in [0.25, 0.3) is 0 Å². The molecule has 0 atom stereocenters. The fraction of sp³-hybridized carbons (Fsp3) is 0.250. The largest absolute Gasteiger partial charge is 0.488 e. The van der Waals surface area contributed by atoms with Gasteiger partial charge in [0.2, 0.25) is 0 Å². The fourth-order valence-electron chi connectivity index (χ4n) is 2.04. The molecule has 2 aromatic rings. The summed E-state index contributed by atoms with van der Waals surface area (Å²) in [6, 6.07) is 8.53. The molecule has 100 valence electrons. The summed E-state index contributed by atoms with van der Waals surface area (Å²) in [5.41, 5.74) is 10.5. The standard InChI is InChI=1S/C16H18FNO/c1-10-4-7-15(18)12(3)16(10)19-9-13-5-6-14(17)8-11(13)2/h4-8H,9,18H2,1-3H3. The lowest BCUT2D eigenvalue weighted by atomic mass is 10.1. The molecule has 0 aromatic heterocycles. The first-order valence-electron chi connectivity index (χ1n) is 6.22. The van der Waals surface area contributed by atoms with E-state index in [-0.39, 0.29) is 5.82 Å². The second kappa shape index (κ2) is 5.31. The normalized spacial score (nSPS) is 10.5. The van der Waals surface area contributed by atoms with Crippen LogP contribution in [0.4, 0.5) is 10.1 Å². The molecule has 0 saturated heterocycles. The van der Waals surface area contributed by atoms with Crippen molar-refractivity contribution >= 4 is 5.69 Å². The van der Waals surface area contributed by atoms with Crippen LogP contribution in [-0.2, 0) is 6.61 Å². The van der Waals surface area contributed by atoms with Crippen molar-refractivity contribution in [2.45, 2.75) is 27.4 Å². The van der Waals surface area contributed by atoms with Crippen LogP contribution in [-0.4, -0.2) is 0 Å². The summed E-state index contributed by atoms with van der Waals surface area (Å²) in [5, 5.41) is 0. The van der Waals surface area contributed by atoms with Gasteiger partial charge in [-0.15, -0.1) is 0 Å². The van der Waals surface area contributed by atoms with Crippen LogP contribution >= 0.6 is 0 Å². The van der Waals surface area contributed by atoms with E-state index in [4.69, 9.17) is 10.5 Å². The van der Waals surface area contributed by atoms with Crippen LogP contribution < -0.4 is 10.5 Å². The van der Waals surface area contributed by atoms with Gasteiger partial charge in [-0.3, -0.25) is 0 Å². The van der Waals surface area contributed by atoms with Crippen molar-refractivity contribution in [1.29, 1.82) is 0 Å². The Labute approximate surface area is 113 Å². The second-order valence-electron chi connectivity index (χ2n) is 4.79. The van der Waals surface area contributed by atoms with Gasteiger partial charge >= 0.3 is 0 Å². The minimum atomic E-state index is -0.224. The number of rotatable bonds is 3. The maximum absolute atomic E-state index is 13.0. The van der Waals surface area contributed by atoms with Crippen LogP contribution in [0.25, 0.3) is 0 Å². The van der Waals surface area contributed by atoms with Crippen molar-refractivity contribution in [1.82, 2.24) is 0 Å². The minimum absolute atomic E-state index is 0.224. The van der Waals surface area contributed by atoms with Gasteiger partial charge in [-0.25, -0.2) is 4.39 Å². The van der Waals surface area contributed by atoms with E-state index in [0.29, 0.717) is 6.61 Å². The summed E-state index contributed by atoms with van der Waals surface area (Å²) in [4.78, 5) is 0. The molecule has 0 spiro atoms. The number of hydrogen-bond donors (Lipinski definition) is 1. The van der Waals surface area contributed by atoms with E-state index in [0.717, 1.165) is 33.7 Å². The molecule has 0 amide bonds. The predicted octanol–water partition coefficient (Wildman–Crippen LogP) is 3.91. The molecule has 3 heteroatoms. The SMILES string of the molecule is Cc1cc(F)ccc1COc1c(C)ccc(N)c1C. The van der Waals surface area contributed by atoms with Gasteiger partial charge in [0.15, 0.2) is 0 Å². The van der Waals surface area contributed by atoms with Crippen molar-refractivity contribution in [3.8, 4) is 5.75 Å². The first-order chi connectivity index (χ1) is 8.99. The molecule has 2 N–H and O–H groups in total. The molecule has 0 bridgehead atoms. The molecule has 19 heavy (non-hydrogen) atoms. The average molecular weight is 259 g/mol. The first-order valence-corrected chi connectivity index (χ1v) is 6.22. The van der Waals surface area contributed by atoms with Crippen LogP contribution in [0, 0.1) is 26.6 Å². The highest BCUT2D eigenvalue weighted by molar-refractivity contribution is 5.56. The number of nitrogen functional groups attached to an aromatic ring is 1. The zero-order valence-corrected chi connectivity index (χ0v) is 11.5. The quantitative estimate of drug-likeness (QED) is 0.848. The molecule has 2 aromatic carbocycles. The average Bonchev–Trinajstić information content (AvgIpc) is 2.36. The minimum Gasteiger partial charge on any atom is -0.488 e. The molecule has 0 unspecified atom stereocenters. The Hall–Kier alpha value is -2.03. The van der Waals surface area contributed by atoms with Crippen LogP contribution in [0.3, 0.4) is 0 Å². The first kappa shape index (κ1) is 13.4. The Balaban J connectivity index is 2.21. The molecule has 0 saturated carbocycles. The summed E-state index contributed by atoms with van der Waals surface area (Å²) < 4.78 is 18.9. The van der Waals surface area contributed by atoms with Crippen LogP contribution in [0.5, 0.6) is 5.75 Å². The fourth-order valence-corrected chi connectivity index (χ4v) is 2.04. The van der Waals surface area contributed by atoms with Crippen molar-refractivity contribution < 1.29 is 9.13 Å².